The zero-order valence-electron chi connectivity index (χ0n) is 18.1. The highest BCUT2D eigenvalue weighted by atomic mass is 19.4. The second kappa shape index (κ2) is 9.66. The minimum Gasteiger partial charge on any atom is -0.366 e. The topological polar surface area (TPSA) is 79.3 Å². The number of halogens is 3. The van der Waals surface area contributed by atoms with Crippen LogP contribution < -0.4 is 10.6 Å². The Morgan fingerprint density at radius 3 is 2.45 bits per heavy atom. The summed E-state index contributed by atoms with van der Waals surface area (Å²) < 4.78 is 39.8. The Balaban J connectivity index is 1.56. The fourth-order valence-electron chi connectivity index (χ4n) is 4.12. The van der Waals surface area contributed by atoms with Gasteiger partial charge >= 0.3 is 6.18 Å². The van der Waals surface area contributed by atoms with Gasteiger partial charge in [-0.2, -0.15) is 13.2 Å². The molecule has 2 N–H and O–H groups in total. The Bertz CT molecular complexity index is 1130. The van der Waals surface area contributed by atoms with Crippen LogP contribution in [0.5, 0.6) is 0 Å². The minimum atomic E-state index is -4.58. The van der Waals surface area contributed by atoms with E-state index >= 15 is 0 Å². The van der Waals surface area contributed by atoms with Crippen LogP contribution in [0.15, 0.2) is 53.7 Å². The van der Waals surface area contributed by atoms with E-state index in [9.17, 15) is 18.1 Å². The van der Waals surface area contributed by atoms with Gasteiger partial charge in [0.1, 0.15) is 5.82 Å². The van der Waals surface area contributed by atoms with Crippen LogP contribution in [0.1, 0.15) is 47.2 Å². The molecular formula is C24H24F3N5O. The Hall–Kier alpha value is -3.33. The summed E-state index contributed by atoms with van der Waals surface area (Å²) in [7, 11) is 1.67. The Morgan fingerprint density at radius 1 is 1.03 bits per heavy atom. The summed E-state index contributed by atoms with van der Waals surface area (Å²) in [6.45, 7) is 0.331. The molecule has 2 aromatic carbocycles. The van der Waals surface area contributed by atoms with Crippen molar-refractivity contribution in [3.63, 3.8) is 0 Å². The molecule has 0 saturated heterocycles. The molecule has 3 aromatic rings. The average molecular weight is 455 g/mol. The van der Waals surface area contributed by atoms with Crippen LogP contribution in [0, 0.1) is 4.91 Å². The van der Waals surface area contributed by atoms with Crippen LogP contribution in [0.25, 0.3) is 11.1 Å². The second-order valence-corrected chi connectivity index (χ2v) is 7.96. The van der Waals surface area contributed by atoms with Crippen molar-refractivity contribution < 1.29 is 13.2 Å². The van der Waals surface area contributed by atoms with E-state index in [-0.39, 0.29) is 5.82 Å². The van der Waals surface area contributed by atoms with Crippen molar-refractivity contribution in [2.75, 3.05) is 12.4 Å². The van der Waals surface area contributed by atoms with Crippen molar-refractivity contribution in [1.29, 1.82) is 0 Å². The third-order valence-corrected chi connectivity index (χ3v) is 5.80. The third kappa shape index (κ3) is 5.03. The van der Waals surface area contributed by atoms with E-state index in [0.717, 1.165) is 40.7 Å². The average Bonchev–Trinajstić information content (AvgIpc) is 2.83. The maximum absolute atomic E-state index is 13.3. The zero-order valence-corrected chi connectivity index (χ0v) is 18.1. The molecule has 0 bridgehead atoms. The largest absolute Gasteiger partial charge is 0.451 e. The van der Waals surface area contributed by atoms with Crippen LogP contribution in [0.3, 0.4) is 0 Å². The maximum atomic E-state index is 13.3. The first-order valence-electron chi connectivity index (χ1n) is 10.8. The molecule has 1 aliphatic rings. The molecule has 172 valence electrons. The normalized spacial score (nSPS) is 14.4. The summed E-state index contributed by atoms with van der Waals surface area (Å²) in [6.07, 6.45) is -2.30. The van der Waals surface area contributed by atoms with Gasteiger partial charge in [0.2, 0.25) is 5.82 Å². The summed E-state index contributed by atoms with van der Waals surface area (Å²) in [4.78, 5) is 18.7. The van der Waals surface area contributed by atoms with Gasteiger partial charge in [-0.15, -0.1) is 4.91 Å². The molecule has 6 nitrogen and oxygen atoms in total. The van der Waals surface area contributed by atoms with E-state index in [4.69, 9.17) is 0 Å². The number of benzene rings is 2. The number of rotatable bonds is 7. The predicted octanol–water partition coefficient (Wildman–Crippen LogP) is 5.64. The van der Waals surface area contributed by atoms with Gasteiger partial charge in [-0.05, 0) is 54.6 Å². The molecule has 4 rings (SSSR count). The molecule has 9 heteroatoms. The first-order valence-corrected chi connectivity index (χ1v) is 10.8. The lowest BCUT2D eigenvalue weighted by Gasteiger charge is -2.20. The van der Waals surface area contributed by atoms with E-state index in [2.05, 4.69) is 25.8 Å². The number of hydrogen-bond donors (Lipinski definition) is 2. The number of nitrogens with zero attached hydrogens (tertiary/aromatic N) is 3. The van der Waals surface area contributed by atoms with Gasteiger partial charge in [-0.3, -0.25) is 5.32 Å². The fourth-order valence-corrected chi connectivity index (χ4v) is 4.12. The van der Waals surface area contributed by atoms with Gasteiger partial charge in [-0.1, -0.05) is 48.5 Å². The molecule has 1 aromatic heterocycles. The number of nitroso groups, excluding NO2 is 1. The Morgan fingerprint density at radius 2 is 1.76 bits per heavy atom. The number of hydrogen-bond acceptors (Lipinski definition) is 6. The van der Waals surface area contributed by atoms with Crippen LogP contribution >= 0.6 is 0 Å². The minimum absolute atomic E-state index is 0.260. The van der Waals surface area contributed by atoms with Crippen LogP contribution in [-0.2, 0) is 25.6 Å². The maximum Gasteiger partial charge on any atom is 0.451 e. The van der Waals surface area contributed by atoms with E-state index < -0.39 is 18.2 Å². The summed E-state index contributed by atoms with van der Waals surface area (Å²) in [5.74, 6) is -0.837. The number of fused-ring (bicyclic) bond motifs is 1. The molecule has 0 spiro atoms. The molecule has 0 aliphatic heterocycles. The van der Waals surface area contributed by atoms with E-state index in [1.54, 1.807) is 7.05 Å². The highest BCUT2D eigenvalue weighted by Crippen LogP contribution is 2.33. The Labute approximate surface area is 189 Å². The van der Waals surface area contributed by atoms with Gasteiger partial charge in [0.25, 0.3) is 0 Å². The molecule has 0 saturated carbocycles. The van der Waals surface area contributed by atoms with E-state index in [1.165, 1.54) is 0 Å². The monoisotopic (exact) mass is 455 g/mol. The van der Waals surface area contributed by atoms with Crippen molar-refractivity contribution in [2.45, 2.75) is 44.6 Å². The fraction of sp³-hybridized carbons (Fsp3) is 0.333. The SMILES string of the molecule is CNC(N=O)c1ccccc1-c1ccc(CNc2nc(C(F)(F)F)nc3c2CCCC3)cc1. The van der Waals surface area contributed by atoms with Gasteiger partial charge in [0, 0.05) is 23.4 Å². The highest BCUT2D eigenvalue weighted by Gasteiger charge is 2.36. The van der Waals surface area contributed by atoms with Gasteiger partial charge in [0.15, 0.2) is 6.17 Å². The zero-order chi connectivity index (χ0) is 23.4. The summed E-state index contributed by atoms with van der Waals surface area (Å²) in [6, 6.07) is 15.2. The summed E-state index contributed by atoms with van der Waals surface area (Å²) >= 11 is 0. The molecule has 0 radical (unpaired) electrons. The van der Waals surface area contributed by atoms with Crippen molar-refractivity contribution in [3.8, 4) is 11.1 Å². The lowest BCUT2D eigenvalue weighted by atomic mass is 9.96. The number of aromatic nitrogens is 2. The van der Waals surface area contributed by atoms with Gasteiger partial charge in [-0.25, -0.2) is 9.97 Å². The number of alkyl halides is 3. The molecule has 1 unspecified atom stereocenters. The molecule has 1 atom stereocenters. The van der Waals surface area contributed by atoms with Crippen molar-refractivity contribution in [1.82, 2.24) is 15.3 Å². The molecule has 33 heavy (non-hydrogen) atoms. The van der Waals surface area contributed by atoms with Gasteiger partial charge < -0.3 is 5.32 Å². The number of aryl methyl sites for hydroxylation is 1. The van der Waals surface area contributed by atoms with Crippen LogP contribution in [0.2, 0.25) is 0 Å². The number of anilines is 1. The molecular weight excluding hydrogens is 431 g/mol. The molecule has 1 aliphatic carbocycles. The number of nitrogens with one attached hydrogen (secondary N) is 2. The Kier molecular flexibility index (Phi) is 6.69. The van der Waals surface area contributed by atoms with Crippen molar-refractivity contribution >= 4 is 5.82 Å². The first-order chi connectivity index (χ1) is 15.9. The second-order valence-electron chi connectivity index (χ2n) is 7.96. The third-order valence-electron chi connectivity index (χ3n) is 5.80. The standard InChI is InChI=1S/C24H24F3N5O/c1-28-21(32-33)18-7-3-2-6-17(18)16-12-10-15(11-13-16)14-29-22-19-8-4-5-9-20(19)30-23(31-22)24(25,26)27/h2-3,6-7,10-13,21,28H,4-5,8-9,14H2,1H3,(H,29,30,31). The first kappa shape index (κ1) is 22.8. The van der Waals surface area contributed by atoms with Crippen LogP contribution in [-0.4, -0.2) is 17.0 Å². The summed E-state index contributed by atoms with van der Waals surface area (Å²) in [5, 5.41) is 9.12. The van der Waals surface area contributed by atoms with Gasteiger partial charge in [0.05, 0.1) is 0 Å². The van der Waals surface area contributed by atoms with Crippen molar-refractivity contribution in [3.05, 3.63) is 81.6 Å². The molecule has 1 heterocycles. The van der Waals surface area contributed by atoms with E-state index in [1.807, 2.05) is 48.5 Å². The summed E-state index contributed by atoms with van der Waals surface area (Å²) in [5.41, 5.74) is 4.73. The molecule has 0 amide bonds. The van der Waals surface area contributed by atoms with Crippen LogP contribution in [0.4, 0.5) is 19.0 Å². The highest BCUT2D eigenvalue weighted by molar-refractivity contribution is 5.68. The smallest absolute Gasteiger partial charge is 0.366 e. The van der Waals surface area contributed by atoms with Crippen molar-refractivity contribution in [2.24, 2.45) is 5.18 Å². The predicted molar refractivity (Wildman–Crippen MR) is 120 cm³/mol. The quantitative estimate of drug-likeness (QED) is 0.451. The lowest BCUT2D eigenvalue weighted by molar-refractivity contribution is -0.145. The lowest BCUT2D eigenvalue weighted by Crippen LogP contribution is -2.19. The molecule has 0 fully saturated rings. The van der Waals surface area contributed by atoms with E-state index in [0.29, 0.717) is 25.1 Å².